The van der Waals surface area contributed by atoms with Gasteiger partial charge in [-0.05, 0) is 64.7 Å². The van der Waals surface area contributed by atoms with Gasteiger partial charge in [0.25, 0.3) is 0 Å². The van der Waals surface area contributed by atoms with E-state index in [0.29, 0.717) is 44.1 Å². The van der Waals surface area contributed by atoms with Crippen LogP contribution in [0.25, 0.3) is 21.8 Å². The first-order chi connectivity index (χ1) is 29.8. The van der Waals surface area contributed by atoms with Gasteiger partial charge >= 0.3 is 0 Å². The van der Waals surface area contributed by atoms with Crippen LogP contribution in [-0.4, -0.2) is 45.1 Å². The molecule has 0 spiro atoms. The molecular weight excluding hydrogens is 856 g/mol. The summed E-state index contributed by atoms with van der Waals surface area (Å²) in [5, 5.41) is 41.1. The number of phenols is 1. The number of carbonyl (C=O) groups excluding carboxylic acids is 2. The van der Waals surface area contributed by atoms with Crippen LogP contribution in [0, 0.1) is 45.6 Å². The molecule has 62 heavy (non-hydrogen) atoms. The van der Waals surface area contributed by atoms with E-state index in [1.54, 1.807) is 84.5 Å². The quantitative estimate of drug-likeness (QED) is 0.130. The second-order valence-corrected chi connectivity index (χ2v) is 14.7. The molecule has 14 heteroatoms. The van der Waals surface area contributed by atoms with Gasteiger partial charge in [0, 0.05) is 68.8 Å². The highest BCUT2D eigenvalue weighted by molar-refractivity contribution is 9.08. The SMILES string of the molecule is CN(Cc1ccccc1C#N)C(=O)Cc1cn(C)c2ccc(F)c(OCc3ccccc3C#N)c12.CNC(=O)Cc1cn(C)c2ccc(F)c(O)c12.N#Cc1ccccc1CBr. The summed E-state index contributed by atoms with van der Waals surface area (Å²) in [4.78, 5) is 26.0. The Hall–Kier alpha value is -7.47. The van der Waals surface area contributed by atoms with Crippen LogP contribution in [0.3, 0.4) is 0 Å². The van der Waals surface area contributed by atoms with E-state index < -0.39 is 17.4 Å². The molecule has 0 saturated heterocycles. The molecular formula is C48H42BrF2N7O4. The average Bonchev–Trinajstić information content (AvgIpc) is 3.78. The zero-order chi connectivity index (χ0) is 44.9. The van der Waals surface area contributed by atoms with Gasteiger partial charge in [0.1, 0.15) is 6.61 Å². The van der Waals surface area contributed by atoms with Gasteiger partial charge in [-0.1, -0.05) is 70.5 Å². The number of aromatic hydroxyl groups is 1. The molecule has 314 valence electrons. The van der Waals surface area contributed by atoms with Gasteiger partial charge < -0.3 is 29.2 Å². The van der Waals surface area contributed by atoms with E-state index in [-0.39, 0.29) is 43.6 Å². The van der Waals surface area contributed by atoms with Crippen molar-refractivity contribution in [3.8, 4) is 29.7 Å². The van der Waals surface area contributed by atoms with Crippen LogP contribution >= 0.6 is 15.9 Å². The fraction of sp³-hybridized carbons (Fsp3) is 0.188. The van der Waals surface area contributed by atoms with Gasteiger partial charge in [0.2, 0.25) is 11.8 Å². The molecule has 0 fully saturated rings. The van der Waals surface area contributed by atoms with Gasteiger partial charge in [0.05, 0.1) is 58.8 Å². The number of nitrogens with zero attached hydrogens (tertiary/aromatic N) is 6. The highest BCUT2D eigenvalue weighted by Crippen LogP contribution is 2.35. The Balaban J connectivity index is 0.000000220. The highest BCUT2D eigenvalue weighted by atomic mass is 79.9. The third-order valence-electron chi connectivity index (χ3n) is 10.0. The molecule has 0 unspecified atom stereocenters. The van der Waals surface area contributed by atoms with E-state index in [0.717, 1.165) is 27.5 Å². The fourth-order valence-corrected chi connectivity index (χ4v) is 7.27. The highest BCUT2D eigenvalue weighted by Gasteiger charge is 2.21. The van der Waals surface area contributed by atoms with Gasteiger partial charge in [-0.15, -0.1) is 0 Å². The lowest BCUT2D eigenvalue weighted by Gasteiger charge is -2.18. The van der Waals surface area contributed by atoms with Gasteiger partial charge in [0.15, 0.2) is 23.1 Å². The Kier molecular flexibility index (Phi) is 15.6. The Morgan fingerprint density at radius 1 is 0.710 bits per heavy atom. The third kappa shape index (κ3) is 10.6. The molecule has 2 N–H and O–H groups in total. The summed E-state index contributed by atoms with van der Waals surface area (Å²) in [6.45, 7) is 0.308. The monoisotopic (exact) mass is 897 g/mol. The number of halogens is 3. The molecule has 2 heterocycles. The number of nitrogens with one attached hydrogen (secondary N) is 1. The number of ether oxygens (including phenoxy) is 1. The molecule has 0 saturated carbocycles. The second kappa shape index (κ2) is 21.2. The number of fused-ring (bicyclic) bond motifs is 2. The number of phenolic OH excluding ortho intramolecular Hbond substituents is 1. The number of nitriles is 3. The Labute approximate surface area is 366 Å². The molecule has 5 aromatic carbocycles. The summed E-state index contributed by atoms with van der Waals surface area (Å²) in [7, 11) is 6.83. The first kappa shape index (κ1) is 45.6. The Morgan fingerprint density at radius 3 is 1.74 bits per heavy atom. The molecule has 7 rings (SSSR count). The van der Waals surface area contributed by atoms with Crippen molar-refractivity contribution in [2.24, 2.45) is 14.1 Å². The van der Waals surface area contributed by atoms with E-state index in [2.05, 4.69) is 39.5 Å². The molecule has 2 amide bonds. The second-order valence-electron chi connectivity index (χ2n) is 14.1. The van der Waals surface area contributed by atoms with E-state index >= 15 is 0 Å². The van der Waals surface area contributed by atoms with Gasteiger partial charge in [-0.25, -0.2) is 8.78 Å². The average molecular weight is 899 g/mol. The predicted octanol–water partition coefficient (Wildman–Crippen LogP) is 8.61. The van der Waals surface area contributed by atoms with Crippen LogP contribution in [0.1, 0.15) is 44.5 Å². The standard InChI is InChI=1S/C28H23FN4O2.C12H13FN2O2.C8H6BrN/c1-32-17-23(13-26(34)33(2)16-21-9-5-3-7-19(21)14-30)27-25(32)12-11-24(29)28(27)35-18-22-10-6-4-8-20(22)15-31;1-14-10(16)5-7-6-15(2)9-4-3-8(13)12(17)11(7)9;9-5-7-3-1-2-4-8(7)6-10/h3-12,17H,13,16,18H2,1-2H3;3-4,6,17H,5H2,1-2H3,(H,14,16);1-4H,5H2. The normalized spacial score (nSPS) is 10.3. The summed E-state index contributed by atoms with van der Waals surface area (Å²) < 4.78 is 37.7. The van der Waals surface area contributed by atoms with Crippen molar-refractivity contribution in [1.29, 1.82) is 15.8 Å². The molecule has 0 aliphatic heterocycles. The number of hydrogen-bond acceptors (Lipinski definition) is 7. The number of likely N-dealkylation sites (N-methyl/N-ethyl adjacent to an activating group) is 2. The maximum absolute atomic E-state index is 14.9. The fourth-order valence-electron chi connectivity index (χ4n) is 6.78. The summed E-state index contributed by atoms with van der Waals surface area (Å²) in [6, 6.07) is 33.9. The van der Waals surface area contributed by atoms with Crippen LogP contribution in [0.2, 0.25) is 0 Å². The smallest absolute Gasteiger partial charge is 0.227 e. The van der Waals surface area contributed by atoms with Crippen molar-refractivity contribution in [2.75, 3.05) is 14.1 Å². The van der Waals surface area contributed by atoms with Crippen molar-refractivity contribution >= 4 is 49.6 Å². The van der Waals surface area contributed by atoms with Gasteiger partial charge in [-0.2, -0.15) is 15.8 Å². The van der Waals surface area contributed by atoms with E-state index in [1.165, 1.54) is 19.2 Å². The van der Waals surface area contributed by atoms with Gasteiger partial charge in [-0.3, -0.25) is 9.59 Å². The number of aromatic nitrogens is 2. The minimum Gasteiger partial charge on any atom is -0.504 e. The summed E-state index contributed by atoms with van der Waals surface area (Å²) in [5.41, 5.74) is 6.86. The van der Waals surface area contributed by atoms with Crippen molar-refractivity contribution in [3.63, 3.8) is 0 Å². The van der Waals surface area contributed by atoms with E-state index in [1.807, 2.05) is 48.0 Å². The lowest BCUT2D eigenvalue weighted by Crippen LogP contribution is -2.28. The minimum absolute atomic E-state index is 0.0207. The molecule has 0 aliphatic rings. The number of alkyl halides is 1. The topological polar surface area (TPSA) is 160 Å². The van der Waals surface area contributed by atoms with Crippen LogP contribution < -0.4 is 10.1 Å². The summed E-state index contributed by atoms with van der Waals surface area (Å²) >= 11 is 3.30. The molecule has 0 aliphatic carbocycles. The molecule has 0 radical (unpaired) electrons. The maximum Gasteiger partial charge on any atom is 0.227 e. The zero-order valence-electron chi connectivity index (χ0n) is 34.4. The first-order valence-corrected chi connectivity index (χ1v) is 20.3. The van der Waals surface area contributed by atoms with Crippen molar-refractivity contribution in [3.05, 3.63) is 166 Å². The summed E-state index contributed by atoms with van der Waals surface area (Å²) in [6.07, 6.45) is 3.68. The van der Waals surface area contributed by atoms with E-state index in [9.17, 15) is 34.0 Å². The third-order valence-corrected chi connectivity index (χ3v) is 10.6. The molecule has 2 aromatic heterocycles. The lowest BCUT2D eigenvalue weighted by molar-refractivity contribution is -0.129. The number of hydrogen-bond donors (Lipinski definition) is 2. The maximum atomic E-state index is 14.9. The van der Waals surface area contributed by atoms with Crippen LogP contribution in [-0.2, 0) is 55.0 Å². The summed E-state index contributed by atoms with van der Waals surface area (Å²) in [5.74, 6) is -1.92. The molecule has 11 nitrogen and oxygen atoms in total. The number of amides is 2. The van der Waals surface area contributed by atoms with Crippen molar-refractivity contribution in [2.45, 2.75) is 31.3 Å². The Morgan fingerprint density at radius 2 is 1.19 bits per heavy atom. The van der Waals surface area contributed by atoms with Crippen LogP contribution in [0.15, 0.2) is 109 Å². The number of aryl methyl sites for hydroxylation is 2. The first-order valence-electron chi connectivity index (χ1n) is 19.1. The van der Waals surface area contributed by atoms with Crippen molar-refractivity contribution in [1.82, 2.24) is 19.4 Å². The minimum atomic E-state index is -0.679. The molecule has 7 aromatic rings. The number of benzene rings is 5. The zero-order valence-corrected chi connectivity index (χ0v) is 36.0. The largest absolute Gasteiger partial charge is 0.504 e. The molecule has 0 atom stereocenters. The predicted molar refractivity (Wildman–Crippen MR) is 236 cm³/mol. The number of carbonyl (C=O) groups is 2. The number of rotatable bonds is 10. The van der Waals surface area contributed by atoms with Crippen LogP contribution in [0.5, 0.6) is 11.5 Å². The van der Waals surface area contributed by atoms with Crippen molar-refractivity contribution < 1.29 is 28.2 Å². The van der Waals surface area contributed by atoms with Crippen LogP contribution in [0.4, 0.5) is 8.78 Å². The van der Waals surface area contributed by atoms with E-state index in [4.69, 9.17) is 10.00 Å². The Bertz CT molecular complexity index is 2890. The lowest BCUT2D eigenvalue weighted by atomic mass is 10.1. The molecule has 0 bridgehead atoms.